The highest BCUT2D eigenvalue weighted by Gasteiger charge is 2.53. The number of halogens is 1. The first-order valence-corrected chi connectivity index (χ1v) is 4.16. The van der Waals surface area contributed by atoms with Crippen molar-refractivity contribution in [2.45, 2.75) is 37.9 Å². The normalized spacial score (nSPS) is 37.2. The molecule has 58 valence electrons. The summed E-state index contributed by atoms with van der Waals surface area (Å²) in [4.78, 5) is 2.30. The molecule has 1 nitrogen and oxygen atoms in total. The van der Waals surface area contributed by atoms with Crippen LogP contribution in [0.4, 0.5) is 4.39 Å². The molecule has 0 aromatic rings. The van der Waals surface area contributed by atoms with Crippen LogP contribution in [-0.2, 0) is 0 Å². The molecule has 2 fully saturated rings. The molecule has 2 aliphatic rings. The Labute approximate surface area is 61.2 Å². The molecule has 1 unspecified atom stereocenters. The van der Waals surface area contributed by atoms with Gasteiger partial charge in [0.2, 0.25) is 0 Å². The highest BCUT2D eigenvalue weighted by atomic mass is 19.1. The van der Waals surface area contributed by atoms with E-state index in [0.717, 1.165) is 13.0 Å². The van der Waals surface area contributed by atoms with Gasteiger partial charge < -0.3 is 0 Å². The van der Waals surface area contributed by atoms with E-state index < -0.39 is 6.17 Å². The highest BCUT2D eigenvalue weighted by Crippen LogP contribution is 2.49. The van der Waals surface area contributed by atoms with Crippen molar-refractivity contribution in [2.75, 3.05) is 13.1 Å². The summed E-state index contributed by atoms with van der Waals surface area (Å²) in [6.07, 6.45) is 2.74. The molecule has 0 bridgehead atoms. The molecular formula is C8H14FN. The quantitative estimate of drug-likeness (QED) is 0.538. The average Bonchev–Trinajstić information content (AvgIpc) is 2.55. The van der Waals surface area contributed by atoms with Crippen molar-refractivity contribution in [3.63, 3.8) is 0 Å². The second kappa shape index (κ2) is 1.94. The third kappa shape index (κ3) is 0.782. The fourth-order valence-electron chi connectivity index (χ4n) is 2.17. The zero-order chi connectivity index (χ0) is 7.19. The lowest BCUT2D eigenvalue weighted by Crippen LogP contribution is -2.30. The number of hydrogen-bond donors (Lipinski definition) is 0. The zero-order valence-electron chi connectivity index (χ0n) is 6.44. The third-order valence-electron chi connectivity index (χ3n) is 2.90. The van der Waals surface area contributed by atoms with Crippen molar-refractivity contribution in [1.82, 2.24) is 4.90 Å². The van der Waals surface area contributed by atoms with Crippen LogP contribution >= 0.6 is 0 Å². The van der Waals surface area contributed by atoms with Gasteiger partial charge in [0.25, 0.3) is 0 Å². The Bertz CT molecular complexity index is 142. The fourth-order valence-corrected chi connectivity index (χ4v) is 2.17. The maximum Gasteiger partial charge on any atom is 0.115 e. The molecule has 0 aromatic carbocycles. The van der Waals surface area contributed by atoms with Crippen LogP contribution in [0.3, 0.4) is 0 Å². The van der Waals surface area contributed by atoms with E-state index in [0.29, 0.717) is 12.1 Å². The number of hydrogen-bond acceptors (Lipinski definition) is 1. The predicted octanol–water partition coefficient (Wildman–Crippen LogP) is 1.58. The van der Waals surface area contributed by atoms with E-state index in [-0.39, 0.29) is 0 Å². The summed E-state index contributed by atoms with van der Waals surface area (Å²) < 4.78 is 12.9. The summed E-state index contributed by atoms with van der Waals surface area (Å²) in [5.74, 6) is 0. The first-order chi connectivity index (χ1) is 4.77. The first-order valence-electron chi connectivity index (χ1n) is 4.16. The number of alkyl halides is 1. The molecule has 1 atom stereocenters. The van der Waals surface area contributed by atoms with Gasteiger partial charge in [0, 0.05) is 12.1 Å². The van der Waals surface area contributed by atoms with Gasteiger partial charge in [-0.3, -0.25) is 4.90 Å². The van der Waals surface area contributed by atoms with E-state index in [1.54, 1.807) is 0 Å². The van der Waals surface area contributed by atoms with E-state index in [2.05, 4.69) is 11.8 Å². The summed E-state index contributed by atoms with van der Waals surface area (Å²) in [6, 6.07) is 0. The van der Waals surface area contributed by atoms with Gasteiger partial charge in [0.05, 0.1) is 0 Å². The molecule has 1 spiro atoms. The second-order valence-corrected chi connectivity index (χ2v) is 3.56. The van der Waals surface area contributed by atoms with Gasteiger partial charge in [-0.05, 0) is 25.8 Å². The Kier molecular flexibility index (Phi) is 1.28. The van der Waals surface area contributed by atoms with Crippen LogP contribution in [0, 0.1) is 0 Å². The van der Waals surface area contributed by atoms with Crippen LogP contribution in [0.15, 0.2) is 0 Å². The molecule has 10 heavy (non-hydrogen) atoms. The lowest BCUT2D eigenvalue weighted by molar-refractivity contribution is 0.241. The second-order valence-electron chi connectivity index (χ2n) is 3.56. The van der Waals surface area contributed by atoms with Gasteiger partial charge in [-0.2, -0.15) is 0 Å². The van der Waals surface area contributed by atoms with Crippen molar-refractivity contribution >= 4 is 0 Å². The number of likely N-dealkylation sites (tertiary alicyclic amines) is 1. The molecule has 1 saturated heterocycles. The Morgan fingerprint density at radius 2 is 2.30 bits per heavy atom. The molecule has 0 amide bonds. The van der Waals surface area contributed by atoms with E-state index in [1.165, 1.54) is 12.8 Å². The molecular weight excluding hydrogens is 129 g/mol. The lowest BCUT2D eigenvalue weighted by atomic mass is 10.2. The molecule has 1 saturated carbocycles. The smallest absolute Gasteiger partial charge is 0.115 e. The van der Waals surface area contributed by atoms with Gasteiger partial charge in [0.1, 0.15) is 6.17 Å². The molecule has 0 aromatic heterocycles. The molecule has 1 heterocycles. The van der Waals surface area contributed by atoms with Crippen LogP contribution in [-0.4, -0.2) is 29.7 Å². The first kappa shape index (κ1) is 6.59. The molecule has 1 aliphatic carbocycles. The summed E-state index contributed by atoms with van der Waals surface area (Å²) in [5, 5.41) is 0. The lowest BCUT2D eigenvalue weighted by Gasteiger charge is -2.20. The van der Waals surface area contributed by atoms with Crippen molar-refractivity contribution in [1.29, 1.82) is 0 Å². The Morgan fingerprint density at radius 3 is 2.70 bits per heavy atom. The largest absolute Gasteiger partial charge is 0.295 e. The zero-order valence-corrected chi connectivity index (χ0v) is 6.44. The average molecular weight is 143 g/mol. The summed E-state index contributed by atoms with van der Waals surface area (Å²) in [7, 11) is 0. The number of nitrogens with zero attached hydrogens (tertiary/aromatic N) is 1. The van der Waals surface area contributed by atoms with Crippen molar-refractivity contribution in [2.24, 2.45) is 0 Å². The monoisotopic (exact) mass is 143 g/mol. The van der Waals surface area contributed by atoms with Crippen molar-refractivity contribution in [3.8, 4) is 0 Å². The topological polar surface area (TPSA) is 3.24 Å². The van der Waals surface area contributed by atoms with Gasteiger partial charge in [-0.15, -0.1) is 0 Å². The standard InChI is InChI=1S/C8H14FN/c1-2-10-6-7(9)5-8(10)3-4-8/h7H,2-6H2,1H3. The van der Waals surface area contributed by atoms with E-state index in [9.17, 15) is 4.39 Å². The minimum Gasteiger partial charge on any atom is -0.295 e. The maximum absolute atomic E-state index is 12.9. The minimum absolute atomic E-state index is 0.341. The van der Waals surface area contributed by atoms with Crippen LogP contribution in [0.2, 0.25) is 0 Å². The van der Waals surface area contributed by atoms with Crippen LogP contribution in [0.1, 0.15) is 26.2 Å². The summed E-state index contributed by atoms with van der Waals surface area (Å²) in [5.41, 5.74) is 0.341. The molecule has 0 N–H and O–H groups in total. The minimum atomic E-state index is -0.539. The molecule has 1 aliphatic heterocycles. The molecule has 2 heteroatoms. The fraction of sp³-hybridized carbons (Fsp3) is 1.00. The SMILES string of the molecule is CCN1CC(F)CC12CC2. The van der Waals surface area contributed by atoms with Crippen LogP contribution < -0.4 is 0 Å². The van der Waals surface area contributed by atoms with Crippen molar-refractivity contribution in [3.05, 3.63) is 0 Å². The Balaban J connectivity index is 2.06. The van der Waals surface area contributed by atoms with Crippen molar-refractivity contribution < 1.29 is 4.39 Å². The van der Waals surface area contributed by atoms with Gasteiger partial charge in [-0.1, -0.05) is 6.92 Å². The molecule has 0 radical (unpaired) electrons. The summed E-state index contributed by atoms with van der Waals surface area (Å²) in [6.45, 7) is 3.84. The Hall–Kier alpha value is -0.110. The number of rotatable bonds is 1. The Morgan fingerprint density at radius 1 is 1.60 bits per heavy atom. The highest BCUT2D eigenvalue weighted by molar-refractivity contribution is 5.09. The van der Waals surface area contributed by atoms with E-state index in [4.69, 9.17) is 0 Å². The van der Waals surface area contributed by atoms with E-state index >= 15 is 0 Å². The van der Waals surface area contributed by atoms with Crippen LogP contribution in [0.25, 0.3) is 0 Å². The van der Waals surface area contributed by atoms with Gasteiger partial charge >= 0.3 is 0 Å². The maximum atomic E-state index is 12.9. The predicted molar refractivity (Wildman–Crippen MR) is 38.7 cm³/mol. The van der Waals surface area contributed by atoms with Crippen LogP contribution in [0.5, 0.6) is 0 Å². The van der Waals surface area contributed by atoms with E-state index in [1.807, 2.05) is 0 Å². The third-order valence-corrected chi connectivity index (χ3v) is 2.90. The van der Waals surface area contributed by atoms with Gasteiger partial charge in [0.15, 0.2) is 0 Å². The molecule has 2 rings (SSSR count). The summed E-state index contributed by atoms with van der Waals surface area (Å²) >= 11 is 0. The van der Waals surface area contributed by atoms with Gasteiger partial charge in [-0.25, -0.2) is 4.39 Å².